The Morgan fingerprint density at radius 1 is 1.25 bits per heavy atom. The van der Waals surface area contributed by atoms with Gasteiger partial charge in [0.1, 0.15) is 0 Å². The lowest BCUT2D eigenvalue weighted by Gasteiger charge is -2.37. The first-order valence-electron chi connectivity index (χ1n) is 4.61. The third-order valence-electron chi connectivity index (χ3n) is 2.39. The van der Waals surface area contributed by atoms with Crippen LogP contribution in [0.2, 0.25) is 0 Å². The molecule has 0 unspecified atom stereocenters. The Hall–Kier alpha value is -0.820. The van der Waals surface area contributed by atoms with Crippen molar-refractivity contribution in [3.63, 3.8) is 0 Å². The van der Waals surface area contributed by atoms with Crippen molar-refractivity contribution in [1.29, 1.82) is 0 Å². The summed E-state index contributed by atoms with van der Waals surface area (Å²) in [5.74, 6) is 0.911. The molecule has 1 aliphatic rings. The van der Waals surface area contributed by atoms with Crippen molar-refractivity contribution in [2.45, 2.75) is 13.5 Å². The molecule has 0 aromatic heterocycles. The predicted octanol–water partition coefficient (Wildman–Crippen LogP) is 2.14. The normalized spacial score (nSPS) is 19.1. The largest absolute Gasteiger partial charge is 0.298 e. The van der Waals surface area contributed by atoms with Crippen LogP contribution >= 0.6 is 0 Å². The quantitative estimate of drug-likeness (QED) is 0.642. The minimum Gasteiger partial charge on any atom is -0.298 e. The predicted molar refractivity (Wildman–Crippen MR) is 50.9 cm³/mol. The summed E-state index contributed by atoms with van der Waals surface area (Å²) >= 11 is 0. The first-order valence-corrected chi connectivity index (χ1v) is 4.61. The Kier molecular flexibility index (Phi) is 2.13. The first kappa shape index (κ1) is 7.81. The van der Waals surface area contributed by atoms with E-state index in [2.05, 4.69) is 42.2 Å². The fraction of sp³-hybridized carbons (Fsp3) is 0.455. The fourth-order valence-corrected chi connectivity index (χ4v) is 1.80. The fourth-order valence-electron chi connectivity index (χ4n) is 1.80. The molecule has 0 aliphatic carbocycles. The van der Waals surface area contributed by atoms with E-state index in [1.165, 1.54) is 18.7 Å². The zero-order valence-electron chi connectivity index (χ0n) is 7.53. The lowest BCUT2D eigenvalue weighted by Crippen LogP contribution is -2.44. The number of rotatable bonds is 2. The van der Waals surface area contributed by atoms with Crippen molar-refractivity contribution in [2.24, 2.45) is 5.92 Å². The van der Waals surface area contributed by atoms with E-state index in [1.807, 2.05) is 0 Å². The van der Waals surface area contributed by atoms with Gasteiger partial charge in [0.05, 0.1) is 0 Å². The molecule has 1 nitrogen and oxygen atoms in total. The van der Waals surface area contributed by atoms with Gasteiger partial charge in [-0.25, -0.2) is 0 Å². The second kappa shape index (κ2) is 3.28. The van der Waals surface area contributed by atoms with Crippen molar-refractivity contribution in [2.75, 3.05) is 13.1 Å². The van der Waals surface area contributed by atoms with Crippen molar-refractivity contribution in [3.05, 3.63) is 35.9 Å². The van der Waals surface area contributed by atoms with Gasteiger partial charge in [-0.3, -0.25) is 4.90 Å². The van der Waals surface area contributed by atoms with Gasteiger partial charge in [0.25, 0.3) is 0 Å². The minimum atomic E-state index is 0.911. The molecule has 0 spiro atoms. The van der Waals surface area contributed by atoms with Crippen LogP contribution in [0.15, 0.2) is 30.3 Å². The summed E-state index contributed by atoms with van der Waals surface area (Å²) in [5, 5.41) is 0. The van der Waals surface area contributed by atoms with Crippen LogP contribution in [0.5, 0.6) is 0 Å². The molecule has 0 atom stereocenters. The minimum absolute atomic E-state index is 0.911. The highest BCUT2D eigenvalue weighted by atomic mass is 15.2. The Bertz CT molecular complexity index is 236. The third-order valence-corrected chi connectivity index (χ3v) is 2.39. The second-order valence-corrected chi connectivity index (χ2v) is 3.78. The van der Waals surface area contributed by atoms with E-state index < -0.39 is 0 Å². The van der Waals surface area contributed by atoms with Gasteiger partial charge in [0.2, 0.25) is 0 Å². The standard InChI is InChI=1S/C11H15N/c1-10-7-12(8-10)9-11-5-3-2-4-6-11/h2-6,10H,7-9H2,1H3. The molecule has 1 saturated heterocycles. The maximum absolute atomic E-state index is 2.49. The van der Waals surface area contributed by atoms with Gasteiger partial charge in [-0.15, -0.1) is 0 Å². The smallest absolute Gasteiger partial charge is 0.0233 e. The Balaban J connectivity index is 1.88. The van der Waals surface area contributed by atoms with E-state index >= 15 is 0 Å². The van der Waals surface area contributed by atoms with Gasteiger partial charge in [0.15, 0.2) is 0 Å². The van der Waals surface area contributed by atoms with E-state index in [4.69, 9.17) is 0 Å². The van der Waals surface area contributed by atoms with Gasteiger partial charge in [-0.2, -0.15) is 0 Å². The lowest BCUT2D eigenvalue weighted by molar-refractivity contribution is 0.105. The number of nitrogens with zero attached hydrogens (tertiary/aromatic N) is 1. The molecule has 1 aromatic carbocycles. The highest BCUT2D eigenvalue weighted by Gasteiger charge is 2.21. The molecular weight excluding hydrogens is 146 g/mol. The number of benzene rings is 1. The molecule has 1 aromatic rings. The monoisotopic (exact) mass is 161 g/mol. The summed E-state index contributed by atoms with van der Waals surface area (Å²) in [7, 11) is 0. The topological polar surface area (TPSA) is 3.24 Å². The van der Waals surface area contributed by atoms with Crippen molar-refractivity contribution in [3.8, 4) is 0 Å². The number of hydrogen-bond donors (Lipinski definition) is 0. The van der Waals surface area contributed by atoms with Crippen molar-refractivity contribution < 1.29 is 0 Å². The van der Waals surface area contributed by atoms with Gasteiger partial charge < -0.3 is 0 Å². The summed E-state index contributed by atoms with van der Waals surface area (Å²) in [4.78, 5) is 2.49. The molecule has 0 saturated carbocycles. The molecule has 1 heterocycles. The van der Waals surface area contributed by atoms with E-state index in [0.29, 0.717) is 0 Å². The molecule has 12 heavy (non-hydrogen) atoms. The number of hydrogen-bond acceptors (Lipinski definition) is 1. The van der Waals surface area contributed by atoms with Gasteiger partial charge in [-0.1, -0.05) is 37.3 Å². The molecule has 2 rings (SSSR count). The zero-order chi connectivity index (χ0) is 8.39. The highest BCUT2D eigenvalue weighted by Crippen LogP contribution is 2.17. The van der Waals surface area contributed by atoms with Gasteiger partial charge in [-0.05, 0) is 11.5 Å². The van der Waals surface area contributed by atoms with Crippen LogP contribution in [-0.4, -0.2) is 18.0 Å². The van der Waals surface area contributed by atoms with Gasteiger partial charge >= 0.3 is 0 Å². The maximum Gasteiger partial charge on any atom is 0.0233 e. The Labute approximate surface area is 74.0 Å². The first-order chi connectivity index (χ1) is 5.84. The lowest BCUT2D eigenvalue weighted by atomic mass is 10.0. The Morgan fingerprint density at radius 3 is 2.50 bits per heavy atom. The summed E-state index contributed by atoms with van der Waals surface area (Å²) in [6.45, 7) is 5.98. The van der Waals surface area contributed by atoms with E-state index in [9.17, 15) is 0 Å². The molecular formula is C11H15N. The zero-order valence-corrected chi connectivity index (χ0v) is 7.53. The molecule has 64 valence electrons. The number of likely N-dealkylation sites (tertiary alicyclic amines) is 1. The molecule has 1 heteroatoms. The van der Waals surface area contributed by atoms with Crippen LogP contribution < -0.4 is 0 Å². The molecule has 0 radical (unpaired) electrons. The van der Waals surface area contributed by atoms with Gasteiger partial charge in [0, 0.05) is 19.6 Å². The molecule has 0 bridgehead atoms. The van der Waals surface area contributed by atoms with Crippen molar-refractivity contribution in [1.82, 2.24) is 4.90 Å². The van der Waals surface area contributed by atoms with E-state index in [0.717, 1.165) is 12.5 Å². The maximum atomic E-state index is 2.49. The van der Waals surface area contributed by atoms with Crippen LogP contribution in [0.3, 0.4) is 0 Å². The second-order valence-electron chi connectivity index (χ2n) is 3.78. The van der Waals surface area contributed by atoms with Crippen LogP contribution in [-0.2, 0) is 6.54 Å². The van der Waals surface area contributed by atoms with Crippen molar-refractivity contribution >= 4 is 0 Å². The average molecular weight is 161 g/mol. The van der Waals surface area contributed by atoms with Crippen LogP contribution in [0.4, 0.5) is 0 Å². The van der Waals surface area contributed by atoms with Crippen LogP contribution in [0.1, 0.15) is 12.5 Å². The SMILES string of the molecule is CC1CN(Cc2ccccc2)C1. The van der Waals surface area contributed by atoms with Crippen LogP contribution in [0, 0.1) is 5.92 Å². The average Bonchev–Trinajstić information content (AvgIpc) is 2.04. The van der Waals surface area contributed by atoms with E-state index in [-0.39, 0.29) is 0 Å². The summed E-state index contributed by atoms with van der Waals surface area (Å²) in [6.07, 6.45) is 0. The van der Waals surface area contributed by atoms with Crippen LogP contribution in [0.25, 0.3) is 0 Å². The highest BCUT2D eigenvalue weighted by molar-refractivity contribution is 5.14. The summed E-state index contributed by atoms with van der Waals surface area (Å²) < 4.78 is 0. The third kappa shape index (κ3) is 1.67. The summed E-state index contributed by atoms with van der Waals surface area (Å²) in [5.41, 5.74) is 1.43. The molecule has 0 N–H and O–H groups in total. The molecule has 1 fully saturated rings. The van der Waals surface area contributed by atoms with E-state index in [1.54, 1.807) is 0 Å². The summed E-state index contributed by atoms with van der Waals surface area (Å²) in [6, 6.07) is 10.7. The Morgan fingerprint density at radius 2 is 1.92 bits per heavy atom. The molecule has 1 aliphatic heterocycles. The molecule has 0 amide bonds.